The third-order valence-electron chi connectivity index (χ3n) is 3.84. The molecule has 3 rings (SSSR count). The van der Waals surface area contributed by atoms with Gasteiger partial charge in [0.2, 0.25) is 5.13 Å². The molecule has 6 nitrogen and oxygen atoms in total. The summed E-state index contributed by atoms with van der Waals surface area (Å²) < 4.78 is 33.7. The van der Waals surface area contributed by atoms with Crippen LogP contribution in [-0.4, -0.2) is 18.6 Å². The molecular weight excluding hydrogens is 406 g/mol. The number of nitrogens with one attached hydrogen (secondary N) is 1. The number of nitrogens with zero attached hydrogens (tertiary/aromatic N) is 2. The van der Waals surface area contributed by atoms with Crippen LogP contribution in [0.4, 0.5) is 5.13 Å². The Morgan fingerprint density at radius 2 is 1.89 bits per heavy atom. The lowest BCUT2D eigenvalue weighted by molar-refractivity contribution is 0.200. The van der Waals surface area contributed by atoms with E-state index in [0.29, 0.717) is 22.0 Å². The smallest absolute Gasteiger partial charge is 0.264 e. The Hall–Kier alpha value is -2.16. The monoisotopic (exact) mass is 423 g/mol. The second kappa shape index (κ2) is 8.24. The van der Waals surface area contributed by atoms with Gasteiger partial charge in [0, 0.05) is 5.02 Å². The van der Waals surface area contributed by atoms with Crippen molar-refractivity contribution in [2.75, 3.05) is 4.72 Å². The van der Waals surface area contributed by atoms with Crippen molar-refractivity contribution < 1.29 is 13.2 Å². The van der Waals surface area contributed by atoms with Crippen molar-refractivity contribution in [2.45, 2.75) is 31.3 Å². The van der Waals surface area contributed by atoms with E-state index in [1.807, 2.05) is 37.3 Å². The third kappa shape index (κ3) is 4.58. The average molecular weight is 424 g/mol. The highest BCUT2D eigenvalue weighted by atomic mass is 35.5. The minimum absolute atomic E-state index is 0.110. The maximum absolute atomic E-state index is 12.7. The summed E-state index contributed by atoms with van der Waals surface area (Å²) in [7, 11) is -3.81. The zero-order chi connectivity index (χ0) is 19.4. The van der Waals surface area contributed by atoms with Gasteiger partial charge in [-0.05, 0) is 43.2 Å². The van der Waals surface area contributed by atoms with Crippen LogP contribution in [0.5, 0.6) is 5.75 Å². The van der Waals surface area contributed by atoms with Crippen LogP contribution in [-0.2, 0) is 10.0 Å². The molecule has 0 bridgehead atoms. The predicted octanol–water partition coefficient (Wildman–Crippen LogP) is 4.83. The highest BCUT2D eigenvalue weighted by Crippen LogP contribution is 2.30. The van der Waals surface area contributed by atoms with E-state index in [-0.39, 0.29) is 16.1 Å². The van der Waals surface area contributed by atoms with Crippen LogP contribution in [0.25, 0.3) is 0 Å². The molecule has 0 saturated heterocycles. The first-order chi connectivity index (χ1) is 12.9. The molecule has 0 aliphatic rings. The summed E-state index contributed by atoms with van der Waals surface area (Å²) in [4.78, 5) is 0.110. The number of sulfonamides is 1. The Morgan fingerprint density at radius 1 is 1.15 bits per heavy atom. The molecule has 9 heteroatoms. The lowest BCUT2D eigenvalue weighted by Gasteiger charge is -2.14. The van der Waals surface area contributed by atoms with Gasteiger partial charge in [-0.3, -0.25) is 4.72 Å². The van der Waals surface area contributed by atoms with E-state index < -0.39 is 10.0 Å². The SMILES string of the molecule is CC[C@@H](Oc1ccccc1)c1nnc(NS(=O)(=O)c2cccc(Cl)c2C)s1. The Kier molecular flexibility index (Phi) is 5.98. The molecule has 3 aromatic rings. The quantitative estimate of drug-likeness (QED) is 0.588. The summed E-state index contributed by atoms with van der Waals surface area (Å²) >= 11 is 7.18. The highest BCUT2D eigenvalue weighted by Gasteiger charge is 2.22. The van der Waals surface area contributed by atoms with Gasteiger partial charge in [-0.15, -0.1) is 10.2 Å². The molecule has 0 saturated carbocycles. The number of benzene rings is 2. The van der Waals surface area contributed by atoms with Gasteiger partial charge in [-0.2, -0.15) is 0 Å². The summed E-state index contributed by atoms with van der Waals surface area (Å²) in [6, 6.07) is 14.1. The molecule has 142 valence electrons. The van der Waals surface area contributed by atoms with Crippen molar-refractivity contribution in [1.29, 1.82) is 0 Å². The summed E-state index contributed by atoms with van der Waals surface area (Å²) in [6.45, 7) is 3.62. The predicted molar refractivity (Wildman–Crippen MR) is 107 cm³/mol. The third-order valence-corrected chi connectivity index (χ3v) is 6.79. The Bertz CT molecular complexity index is 1020. The van der Waals surface area contributed by atoms with Gasteiger partial charge in [-0.25, -0.2) is 8.42 Å². The number of hydrogen-bond donors (Lipinski definition) is 1. The average Bonchev–Trinajstić information content (AvgIpc) is 3.10. The summed E-state index contributed by atoms with van der Waals surface area (Å²) in [5, 5.41) is 9.21. The highest BCUT2D eigenvalue weighted by molar-refractivity contribution is 7.93. The standard InChI is InChI=1S/C18H18ClN3O3S2/c1-3-15(25-13-8-5-4-6-9-13)17-20-21-18(26-17)22-27(23,24)16-11-7-10-14(19)12(16)2/h4-11,15H,3H2,1-2H3,(H,21,22)/t15-/m1/s1. The second-order valence-corrected chi connectivity index (χ2v) is 8.81. The zero-order valence-corrected chi connectivity index (χ0v) is 17.1. The number of hydrogen-bond acceptors (Lipinski definition) is 6. The molecule has 0 aliphatic heterocycles. The topological polar surface area (TPSA) is 81.2 Å². The van der Waals surface area contributed by atoms with Crippen molar-refractivity contribution in [2.24, 2.45) is 0 Å². The number of rotatable bonds is 7. The molecule has 0 amide bonds. The van der Waals surface area contributed by atoms with E-state index in [9.17, 15) is 8.42 Å². The van der Waals surface area contributed by atoms with E-state index in [1.165, 1.54) is 6.07 Å². The van der Waals surface area contributed by atoms with Crippen LogP contribution in [0, 0.1) is 6.92 Å². The Balaban J connectivity index is 1.79. The number of halogens is 1. The first-order valence-corrected chi connectivity index (χ1v) is 10.9. The van der Waals surface area contributed by atoms with E-state index in [2.05, 4.69) is 14.9 Å². The molecular formula is C18H18ClN3O3S2. The second-order valence-electron chi connectivity index (χ2n) is 5.74. The molecule has 0 spiro atoms. The first-order valence-electron chi connectivity index (χ1n) is 8.23. The molecule has 1 aromatic heterocycles. The van der Waals surface area contributed by atoms with E-state index in [4.69, 9.17) is 16.3 Å². The van der Waals surface area contributed by atoms with Gasteiger partial charge in [0.1, 0.15) is 5.75 Å². The molecule has 1 atom stereocenters. The fourth-order valence-corrected chi connectivity index (χ4v) is 5.01. The number of para-hydroxylation sites is 1. The summed E-state index contributed by atoms with van der Waals surface area (Å²) in [5.74, 6) is 0.719. The zero-order valence-electron chi connectivity index (χ0n) is 14.7. The van der Waals surface area contributed by atoms with Crippen molar-refractivity contribution in [1.82, 2.24) is 10.2 Å². The van der Waals surface area contributed by atoms with Gasteiger partial charge in [0.15, 0.2) is 11.1 Å². The van der Waals surface area contributed by atoms with Crippen LogP contribution in [0.3, 0.4) is 0 Å². The summed E-state index contributed by atoms with van der Waals surface area (Å²) in [5.41, 5.74) is 0.482. The van der Waals surface area contributed by atoms with Crippen LogP contribution in [0.2, 0.25) is 5.02 Å². The van der Waals surface area contributed by atoms with E-state index in [1.54, 1.807) is 19.1 Å². The first kappa shape index (κ1) is 19.6. The van der Waals surface area contributed by atoms with Crippen LogP contribution < -0.4 is 9.46 Å². The van der Waals surface area contributed by atoms with Crippen molar-refractivity contribution in [3.8, 4) is 5.75 Å². The van der Waals surface area contributed by atoms with Gasteiger partial charge in [-0.1, -0.05) is 54.1 Å². The molecule has 0 fully saturated rings. The Morgan fingerprint density at radius 3 is 2.59 bits per heavy atom. The molecule has 1 N–H and O–H groups in total. The van der Waals surface area contributed by atoms with E-state index >= 15 is 0 Å². The fraction of sp³-hybridized carbons (Fsp3) is 0.222. The van der Waals surface area contributed by atoms with Crippen molar-refractivity contribution in [3.63, 3.8) is 0 Å². The molecule has 27 heavy (non-hydrogen) atoms. The molecule has 0 unspecified atom stereocenters. The minimum atomic E-state index is -3.81. The maximum atomic E-state index is 12.7. The lowest BCUT2D eigenvalue weighted by Crippen LogP contribution is -2.14. The molecule has 0 radical (unpaired) electrons. The van der Waals surface area contributed by atoms with Gasteiger partial charge >= 0.3 is 0 Å². The molecule has 1 heterocycles. The van der Waals surface area contributed by atoms with Crippen molar-refractivity contribution >= 4 is 38.1 Å². The lowest BCUT2D eigenvalue weighted by atomic mass is 10.2. The molecule has 2 aromatic carbocycles. The van der Waals surface area contributed by atoms with Crippen LogP contribution in [0.15, 0.2) is 53.4 Å². The van der Waals surface area contributed by atoms with Gasteiger partial charge in [0.05, 0.1) is 4.90 Å². The number of aromatic nitrogens is 2. The van der Waals surface area contributed by atoms with E-state index in [0.717, 1.165) is 17.1 Å². The van der Waals surface area contributed by atoms with Crippen molar-refractivity contribution in [3.05, 3.63) is 64.1 Å². The normalized spacial score (nSPS) is 12.6. The van der Waals surface area contributed by atoms with Gasteiger partial charge < -0.3 is 4.74 Å². The number of ether oxygens (including phenoxy) is 1. The minimum Gasteiger partial charge on any atom is -0.483 e. The number of anilines is 1. The largest absolute Gasteiger partial charge is 0.483 e. The maximum Gasteiger partial charge on any atom is 0.264 e. The van der Waals surface area contributed by atoms with Crippen LogP contribution in [0.1, 0.15) is 30.0 Å². The Labute approximate surface area is 167 Å². The summed E-state index contributed by atoms with van der Waals surface area (Å²) in [6.07, 6.45) is 0.361. The van der Waals surface area contributed by atoms with Crippen LogP contribution >= 0.6 is 22.9 Å². The van der Waals surface area contributed by atoms with Gasteiger partial charge in [0.25, 0.3) is 10.0 Å². The fourth-order valence-electron chi connectivity index (χ4n) is 2.43. The molecule has 0 aliphatic carbocycles.